The number of amides is 1. The van der Waals surface area contributed by atoms with Crippen molar-refractivity contribution >= 4 is 49.3 Å². The number of ether oxygens (including phenoxy) is 1. The van der Waals surface area contributed by atoms with Crippen molar-refractivity contribution in [2.75, 3.05) is 33.3 Å². The second-order valence-electron chi connectivity index (χ2n) is 5.86. The smallest absolute Gasteiger partial charge is 0.252 e. The molecule has 0 spiro atoms. The molecule has 1 amide bonds. The summed E-state index contributed by atoms with van der Waals surface area (Å²) in [5, 5.41) is 0. The Kier molecular flexibility index (Phi) is 6.36. The Morgan fingerprint density at radius 2 is 1.85 bits per heavy atom. The highest BCUT2D eigenvalue weighted by molar-refractivity contribution is 9.11. The normalized spacial score (nSPS) is 16.0. The molecule has 1 aliphatic heterocycles. The van der Waals surface area contributed by atoms with Crippen LogP contribution in [0.5, 0.6) is 5.75 Å². The van der Waals surface area contributed by atoms with Crippen molar-refractivity contribution in [1.82, 2.24) is 9.21 Å². The number of thiophene rings is 1. The van der Waals surface area contributed by atoms with Crippen LogP contribution in [0.25, 0.3) is 6.08 Å². The van der Waals surface area contributed by atoms with E-state index in [1.807, 2.05) is 24.3 Å². The number of hydrogen-bond donors (Lipinski definition) is 0. The van der Waals surface area contributed by atoms with Gasteiger partial charge in [0.2, 0.25) is 5.91 Å². The standard InChI is InChI=1S/C18H19BrN2O4S2/c1-25-15-5-3-2-4-14(15)6-8-17(22)20-10-12-21(13-11-20)27(23,24)18-9-7-16(19)26-18/h2-9H,10-13H2,1H3/b8-6+. The molecule has 0 bridgehead atoms. The molecule has 1 aliphatic rings. The Labute approximate surface area is 171 Å². The topological polar surface area (TPSA) is 66.9 Å². The summed E-state index contributed by atoms with van der Waals surface area (Å²) in [6.07, 6.45) is 3.21. The molecule has 2 heterocycles. The van der Waals surface area contributed by atoms with Crippen LogP contribution in [0.4, 0.5) is 0 Å². The summed E-state index contributed by atoms with van der Waals surface area (Å²) < 4.78 is 33.1. The van der Waals surface area contributed by atoms with Crippen LogP contribution in [-0.2, 0) is 14.8 Å². The van der Waals surface area contributed by atoms with Gasteiger partial charge in [-0.15, -0.1) is 11.3 Å². The molecule has 0 unspecified atom stereocenters. The number of halogens is 1. The highest BCUT2D eigenvalue weighted by Gasteiger charge is 2.30. The van der Waals surface area contributed by atoms with Crippen LogP contribution in [0.1, 0.15) is 5.56 Å². The van der Waals surface area contributed by atoms with E-state index < -0.39 is 10.0 Å². The van der Waals surface area contributed by atoms with Gasteiger partial charge in [0, 0.05) is 37.8 Å². The molecule has 0 N–H and O–H groups in total. The number of nitrogens with zero attached hydrogens (tertiary/aromatic N) is 2. The summed E-state index contributed by atoms with van der Waals surface area (Å²) in [7, 11) is -1.92. The van der Waals surface area contributed by atoms with Crippen LogP contribution < -0.4 is 4.74 Å². The minimum atomic E-state index is -3.51. The molecule has 9 heteroatoms. The maximum atomic E-state index is 12.6. The molecule has 1 fully saturated rings. The lowest BCUT2D eigenvalue weighted by atomic mass is 10.2. The number of carbonyl (C=O) groups is 1. The van der Waals surface area contributed by atoms with E-state index in [1.165, 1.54) is 21.7 Å². The van der Waals surface area contributed by atoms with Gasteiger partial charge in [0.25, 0.3) is 10.0 Å². The third-order valence-electron chi connectivity index (χ3n) is 4.24. The van der Waals surface area contributed by atoms with Gasteiger partial charge in [0.05, 0.1) is 10.9 Å². The largest absolute Gasteiger partial charge is 0.496 e. The van der Waals surface area contributed by atoms with Crippen molar-refractivity contribution in [3.63, 3.8) is 0 Å². The van der Waals surface area contributed by atoms with E-state index in [2.05, 4.69) is 15.9 Å². The number of hydrogen-bond acceptors (Lipinski definition) is 5. The first-order valence-electron chi connectivity index (χ1n) is 8.27. The second kappa shape index (κ2) is 8.55. The molecular weight excluding hydrogens is 452 g/mol. The third-order valence-corrected chi connectivity index (χ3v) is 8.23. The van der Waals surface area contributed by atoms with E-state index in [9.17, 15) is 13.2 Å². The summed E-state index contributed by atoms with van der Waals surface area (Å²) in [6.45, 7) is 1.29. The number of methoxy groups -OCH3 is 1. The first-order valence-corrected chi connectivity index (χ1v) is 11.3. The molecule has 3 rings (SSSR count). The Morgan fingerprint density at radius 1 is 1.15 bits per heavy atom. The fraction of sp³-hybridized carbons (Fsp3) is 0.278. The highest BCUT2D eigenvalue weighted by Crippen LogP contribution is 2.29. The van der Waals surface area contributed by atoms with Gasteiger partial charge in [-0.3, -0.25) is 4.79 Å². The van der Waals surface area contributed by atoms with Gasteiger partial charge < -0.3 is 9.64 Å². The van der Waals surface area contributed by atoms with Crippen molar-refractivity contribution < 1.29 is 17.9 Å². The van der Waals surface area contributed by atoms with Gasteiger partial charge in [0.1, 0.15) is 9.96 Å². The summed E-state index contributed by atoms with van der Waals surface area (Å²) in [6, 6.07) is 10.8. The predicted molar refractivity (Wildman–Crippen MR) is 109 cm³/mol. The second-order valence-corrected chi connectivity index (χ2v) is 10.5. The molecule has 27 heavy (non-hydrogen) atoms. The molecule has 2 aromatic rings. The van der Waals surface area contributed by atoms with E-state index in [4.69, 9.17) is 4.74 Å². The molecule has 1 aromatic heterocycles. The Hall–Kier alpha value is -1.68. The number of benzene rings is 1. The Morgan fingerprint density at radius 3 is 2.48 bits per heavy atom. The van der Waals surface area contributed by atoms with E-state index in [1.54, 1.807) is 30.2 Å². The highest BCUT2D eigenvalue weighted by atomic mass is 79.9. The molecular formula is C18H19BrN2O4S2. The van der Waals surface area contributed by atoms with Crippen molar-refractivity contribution in [2.24, 2.45) is 0 Å². The summed E-state index contributed by atoms with van der Waals surface area (Å²) in [5.74, 6) is 0.552. The zero-order valence-electron chi connectivity index (χ0n) is 14.7. The number of rotatable bonds is 5. The van der Waals surface area contributed by atoms with Crippen molar-refractivity contribution in [3.05, 3.63) is 51.8 Å². The molecule has 144 valence electrons. The first-order chi connectivity index (χ1) is 12.9. The van der Waals surface area contributed by atoms with Gasteiger partial charge in [0.15, 0.2) is 0 Å². The Bertz CT molecular complexity index is 948. The van der Waals surface area contributed by atoms with E-state index in [0.29, 0.717) is 23.0 Å². The molecule has 0 atom stereocenters. The predicted octanol–water partition coefficient (Wildman–Crippen LogP) is 3.07. The summed E-state index contributed by atoms with van der Waals surface area (Å²) >= 11 is 4.48. The summed E-state index contributed by atoms with van der Waals surface area (Å²) in [4.78, 5) is 14.1. The maximum Gasteiger partial charge on any atom is 0.252 e. The van der Waals surface area contributed by atoms with Crippen molar-refractivity contribution in [1.29, 1.82) is 0 Å². The van der Waals surface area contributed by atoms with Crippen molar-refractivity contribution in [2.45, 2.75) is 4.21 Å². The number of para-hydroxylation sites is 1. The maximum absolute atomic E-state index is 12.6. The zero-order chi connectivity index (χ0) is 19.4. The van der Waals surface area contributed by atoms with E-state index >= 15 is 0 Å². The van der Waals surface area contributed by atoms with Gasteiger partial charge in [-0.05, 0) is 40.2 Å². The molecule has 0 radical (unpaired) electrons. The van der Waals surface area contributed by atoms with Gasteiger partial charge >= 0.3 is 0 Å². The lowest BCUT2D eigenvalue weighted by Crippen LogP contribution is -2.50. The lowest BCUT2D eigenvalue weighted by Gasteiger charge is -2.33. The zero-order valence-corrected chi connectivity index (χ0v) is 17.9. The fourth-order valence-electron chi connectivity index (χ4n) is 2.78. The molecule has 0 aliphatic carbocycles. The quantitative estimate of drug-likeness (QED) is 0.629. The van der Waals surface area contributed by atoms with Crippen LogP contribution in [0, 0.1) is 0 Å². The number of carbonyl (C=O) groups excluding carboxylic acids is 1. The van der Waals surface area contributed by atoms with Crippen LogP contribution >= 0.6 is 27.3 Å². The average molecular weight is 471 g/mol. The fourth-order valence-corrected chi connectivity index (χ4v) is 6.37. The SMILES string of the molecule is COc1ccccc1/C=C/C(=O)N1CCN(S(=O)(=O)c2ccc(Br)s2)CC1. The minimum absolute atomic E-state index is 0.142. The first kappa shape index (κ1) is 20.1. The van der Waals surface area contributed by atoms with Crippen molar-refractivity contribution in [3.8, 4) is 5.75 Å². The molecule has 1 aromatic carbocycles. The van der Waals surface area contributed by atoms with Crippen LogP contribution in [0.3, 0.4) is 0 Å². The van der Waals surface area contributed by atoms with Crippen LogP contribution in [-0.4, -0.2) is 56.8 Å². The Balaban J connectivity index is 1.62. The van der Waals surface area contributed by atoms with E-state index in [-0.39, 0.29) is 19.0 Å². The average Bonchev–Trinajstić information content (AvgIpc) is 3.13. The molecule has 6 nitrogen and oxygen atoms in total. The number of piperazine rings is 1. The molecule has 1 saturated heterocycles. The van der Waals surface area contributed by atoms with E-state index in [0.717, 1.165) is 9.35 Å². The van der Waals surface area contributed by atoms with Gasteiger partial charge in [-0.2, -0.15) is 4.31 Å². The van der Waals surface area contributed by atoms with Crippen LogP contribution in [0.15, 0.2) is 50.5 Å². The summed E-state index contributed by atoms with van der Waals surface area (Å²) in [5.41, 5.74) is 0.817. The van der Waals surface area contributed by atoms with Gasteiger partial charge in [-0.25, -0.2) is 8.42 Å². The molecule has 0 saturated carbocycles. The number of sulfonamides is 1. The van der Waals surface area contributed by atoms with Crippen LogP contribution in [0.2, 0.25) is 0 Å². The third kappa shape index (κ3) is 4.60. The lowest BCUT2D eigenvalue weighted by molar-refractivity contribution is -0.127. The van der Waals surface area contributed by atoms with Gasteiger partial charge in [-0.1, -0.05) is 18.2 Å². The minimum Gasteiger partial charge on any atom is -0.496 e. The monoisotopic (exact) mass is 470 g/mol.